The van der Waals surface area contributed by atoms with Crippen LogP contribution >= 0.6 is 23.2 Å². The summed E-state index contributed by atoms with van der Waals surface area (Å²) in [5.74, 6) is 0.279. The average molecular weight is 287 g/mol. The second-order valence-corrected chi connectivity index (χ2v) is 5.56. The largest absolute Gasteiger partial charge is 0.411 e. The summed E-state index contributed by atoms with van der Waals surface area (Å²) in [7, 11) is 0. The van der Waals surface area contributed by atoms with E-state index < -0.39 is 0 Å². The van der Waals surface area contributed by atoms with Gasteiger partial charge in [0.1, 0.15) is 0 Å². The van der Waals surface area contributed by atoms with E-state index in [9.17, 15) is 0 Å². The summed E-state index contributed by atoms with van der Waals surface area (Å²) in [4.78, 5) is 2.30. The molecule has 98 valence electrons. The minimum absolute atomic E-state index is 0.279. The lowest BCUT2D eigenvalue weighted by molar-refractivity contribution is 0.228. The lowest BCUT2D eigenvalue weighted by Gasteiger charge is -2.31. The van der Waals surface area contributed by atoms with Gasteiger partial charge in [-0.15, -0.1) is 0 Å². The van der Waals surface area contributed by atoms with Gasteiger partial charge < -0.3 is 5.21 Å². The minimum Gasteiger partial charge on any atom is -0.411 e. The lowest BCUT2D eigenvalue weighted by Crippen LogP contribution is -2.39. The highest BCUT2D eigenvalue weighted by atomic mass is 35.5. The van der Waals surface area contributed by atoms with Crippen LogP contribution in [0.15, 0.2) is 23.4 Å². The summed E-state index contributed by atoms with van der Waals surface area (Å²) < 4.78 is 0. The standard InChI is InChI=1S/C13H16Cl2N2O/c1-9-7-17(5-4-13(9)16-18)8-10-6-11(14)2-3-12(10)15/h2-3,6,9,18H,4-5,7-8H2,1H3/b16-13+. The third-order valence-electron chi connectivity index (χ3n) is 3.32. The summed E-state index contributed by atoms with van der Waals surface area (Å²) in [5, 5.41) is 13.6. The van der Waals surface area contributed by atoms with E-state index in [0.29, 0.717) is 5.02 Å². The van der Waals surface area contributed by atoms with Crippen LogP contribution in [0.3, 0.4) is 0 Å². The molecule has 0 aromatic heterocycles. The highest BCUT2D eigenvalue weighted by molar-refractivity contribution is 6.33. The normalized spacial score (nSPS) is 23.5. The fourth-order valence-corrected chi connectivity index (χ4v) is 2.67. The maximum absolute atomic E-state index is 8.85. The van der Waals surface area contributed by atoms with Crippen LogP contribution in [-0.2, 0) is 6.54 Å². The monoisotopic (exact) mass is 286 g/mol. The summed E-state index contributed by atoms with van der Waals surface area (Å²) >= 11 is 12.1. The maximum atomic E-state index is 8.85. The third-order valence-corrected chi connectivity index (χ3v) is 3.92. The molecule has 1 fully saturated rings. The predicted molar refractivity (Wildman–Crippen MR) is 74.7 cm³/mol. The van der Waals surface area contributed by atoms with Crippen molar-refractivity contribution in [3.05, 3.63) is 33.8 Å². The van der Waals surface area contributed by atoms with Crippen molar-refractivity contribution in [2.24, 2.45) is 11.1 Å². The Morgan fingerprint density at radius 1 is 1.44 bits per heavy atom. The van der Waals surface area contributed by atoms with Gasteiger partial charge in [-0.3, -0.25) is 4.90 Å². The van der Waals surface area contributed by atoms with Gasteiger partial charge in [-0.25, -0.2) is 0 Å². The van der Waals surface area contributed by atoms with Crippen molar-refractivity contribution >= 4 is 28.9 Å². The molecule has 1 aliphatic rings. The molecule has 0 saturated carbocycles. The SMILES string of the molecule is CC1CN(Cc2cc(Cl)ccc2Cl)CC/C1=N\O. The molecule has 1 unspecified atom stereocenters. The van der Waals surface area contributed by atoms with Crippen molar-refractivity contribution in [3.63, 3.8) is 0 Å². The van der Waals surface area contributed by atoms with Crippen LogP contribution in [0.4, 0.5) is 0 Å². The molecule has 1 heterocycles. The van der Waals surface area contributed by atoms with E-state index in [4.69, 9.17) is 28.4 Å². The molecule has 0 amide bonds. The van der Waals surface area contributed by atoms with E-state index in [2.05, 4.69) is 17.0 Å². The molecular formula is C13H16Cl2N2O. The van der Waals surface area contributed by atoms with Crippen LogP contribution in [0.2, 0.25) is 10.0 Å². The third kappa shape index (κ3) is 3.16. The Bertz CT molecular complexity index is 462. The van der Waals surface area contributed by atoms with Crippen molar-refractivity contribution in [2.75, 3.05) is 13.1 Å². The van der Waals surface area contributed by atoms with Crippen LogP contribution < -0.4 is 0 Å². The van der Waals surface area contributed by atoms with Crippen molar-refractivity contribution in [3.8, 4) is 0 Å². The number of rotatable bonds is 2. The fourth-order valence-electron chi connectivity index (χ4n) is 2.30. The first-order valence-electron chi connectivity index (χ1n) is 5.97. The number of benzene rings is 1. The minimum atomic E-state index is 0.279. The Morgan fingerprint density at radius 3 is 2.89 bits per heavy atom. The van der Waals surface area contributed by atoms with Gasteiger partial charge in [0.2, 0.25) is 0 Å². The quantitative estimate of drug-likeness (QED) is 0.665. The first-order chi connectivity index (χ1) is 8.60. The molecule has 0 bridgehead atoms. The van der Waals surface area contributed by atoms with Gasteiger partial charge in [-0.2, -0.15) is 0 Å². The molecule has 2 rings (SSSR count). The Labute approximate surface area is 117 Å². The Balaban J connectivity index is 2.04. The van der Waals surface area contributed by atoms with Gasteiger partial charge >= 0.3 is 0 Å². The molecule has 0 spiro atoms. The first-order valence-corrected chi connectivity index (χ1v) is 6.73. The highest BCUT2D eigenvalue weighted by Gasteiger charge is 2.22. The van der Waals surface area contributed by atoms with Crippen molar-refractivity contribution in [2.45, 2.75) is 19.9 Å². The van der Waals surface area contributed by atoms with Crippen LogP contribution in [0.1, 0.15) is 18.9 Å². The number of likely N-dealkylation sites (tertiary alicyclic amines) is 1. The number of nitrogens with zero attached hydrogens (tertiary/aromatic N) is 2. The molecule has 5 heteroatoms. The summed E-state index contributed by atoms with van der Waals surface area (Å²) in [5.41, 5.74) is 1.92. The molecule has 1 aromatic rings. The molecule has 1 atom stereocenters. The van der Waals surface area contributed by atoms with E-state index in [1.54, 1.807) is 6.07 Å². The maximum Gasteiger partial charge on any atom is 0.0624 e. The van der Waals surface area contributed by atoms with E-state index >= 15 is 0 Å². The molecule has 18 heavy (non-hydrogen) atoms. The average Bonchev–Trinajstić information content (AvgIpc) is 2.34. The Hall–Kier alpha value is -0.770. The van der Waals surface area contributed by atoms with Crippen molar-refractivity contribution in [1.82, 2.24) is 4.90 Å². The second-order valence-electron chi connectivity index (χ2n) is 4.71. The Morgan fingerprint density at radius 2 is 2.22 bits per heavy atom. The number of hydrogen-bond donors (Lipinski definition) is 1. The fraction of sp³-hybridized carbons (Fsp3) is 0.462. The number of hydrogen-bond acceptors (Lipinski definition) is 3. The van der Waals surface area contributed by atoms with Gasteiger partial charge in [0.25, 0.3) is 0 Å². The van der Waals surface area contributed by atoms with Gasteiger partial charge in [0.15, 0.2) is 0 Å². The van der Waals surface area contributed by atoms with Crippen molar-refractivity contribution < 1.29 is 5.21 Å². The number of halogens is 2. The van der Waals surface area contributed by atoms with Gasteiger partial charge in [0.05, 0.1) is 5.71 Å². The molecule has 3 nitrogen and oxygen atoms in total. The van der Waals surface area contributed by atoms with Crippen LogP contribution in [0, 0.1) is 5.92 Å². The molecule has 1 aliphatic heterocycles. The zero-order valence-electron chi connectivity index (χ0n) is 10.2. The van der Waals surface area contributed by atoms with Gasteiger partial charge in [-0.05, 0) is 23.8 Å². The predicted octanol–water partition coefficient (Wildman–Crippen LogP) is 3.67. The van der Waals surface area contributed by atoms with Crippen molar-refractivity contribution in [1.29, 1.82) is 0 Å². The molecular weight excluding hydrogens is 271 g/mol. The van der Waals surface area contributed by atoms with E-state index in [-0.39, 0.29) is 5.92 Å². The molecule has 0 radical (unpaired) electrons. The zero-order valence-corrected chi connectivity index (χ0v) is 11.7. The lowest BCUT2D eigenvalue weighted by atomic mass is 9.97. The molecule has 1 saturated heterocycles. The zero-order chi connectivity index (χ0) is 13.1. The van der Waals surface area contributed by atoms with Gasteiger partial charge in [0, 0.05) is 42.0 Å². The first kappa shape index (κ1) is 13.7. The summed E-state index contributed by atoms with van der Waals surface area (Å²) in [6.07, 6.45) is 0.801. The van der Waals surface area contributed by atoms with Gasteiger partial charge in [-0.1, -0.05) is 35.3 Å². The van der Waals surface area contributed by atoms with E-state index in [1.165, 1.54) is 0 Å². The molecule has 0 aliphatic carbocycles. The topological polar surface area (TPSA) is 35.8 Å². The summed E-state index contributed by atoms with van der Waals surface area (Å²) in [6, 6.07) is 5.53. The number of oxime groups is 1. The van der Waals surface area contributed by atoms with Crippen LogP contribution in [0.25, 0.3) is 0 Å². The highest BCUT2D eigenvalue weighted by Crippen LogP contribution is 2.24. The summed E-state index contributed by atoms with van der Waals surface area (Å²) in [6.45, 7) is 4.61. The van der Waals surface area contributed by atoms with Crippen LogP contribution in [0.5, 0.6) is 0 Å². The molecule has 1 N–H and O–H groups in total. The Kier molecular flexibility index (Phi) is 4.49. The van der Waals surface area contributed by atoms with Crippen LogP contribution in [-0.4, -0.2) is 28.9 Å². The second kappa shape index (κ2) is 5.91. The van der Waals surface area contributed by atoms with E-state index in [0.717, 1.165) is 42.4 Å². The number of piperidine rings is 1. The molecule has 1 aromatic carbocycles. The van der Waals surface area contributed by atoms with E-state index in [1.807, 2.05) is 12.1 Å². The smallest absolute Gasteiger partial charge is 0.0624 e.